The Morgan fingerprint density at radius 1 is 1.29 bits per heavy atom. The van der Waals surface area contributed by atoms with Gasteiger partial charge in [-0.15, -0.1) is 0 Å². The van der Waals surface area contributed by atoms with Gasteiger partial charge in [0.25, 0.3) is 0 Å². The Morgan fingerprint density at radius 2 is 1.95 bits per heavy atom. The van der Waals surface area contributed by atoms with Gasteiger partial charge in [-0.05, 0) is 44.5 Å². The van der Waals surface area contributed by atoms with Crippen LogP contribution in [0, 0.1) is 12.8 Å². The van der Waals surface area contributed by atoms with E-state index >= 15 is 0 Å². The molecule has 2 atom stereocenters. The summed E-state index contributed by atoms with van der Waals surface area (Å²) < 4.78 is 10.9. The predicted molar refractivity (Wildman–Crippen MR) is 80.9 cm³/mol. The van der Waals surface area contributed by atoms with E-state index in [1.165, 1.54) is 0 Å². The van der Waals surface area contributed by atoms with Crippen LogP contribution < -0.4 is 4.74 Å². The maximum absolute atomic E-state index is 12.9. The molecule has 2 aliphatic heterocycles. The third-order valence-corrected chi connectivity index (χ3v) is 4.97. The minimum Gasteiger partial charge on any atom is -0.497 e. The van der Waals surface area contributed by atoms with Gasteiger partial charge in [-0.1, -0.05) is 6.07 Å². The van der Waals surface area contributed by atoms with Crippen molar-refractivity contribution in [3.05, 3.63) is 29.3 Å². The molecule has 2 bridgehead atoms. The Labute approximate surface area is 126 Å². The molecule has 0 radical (unpaired) electrons. The third kappa shape index (κ3) is 2.70. The van der Waals surface area contributed by atoms with Crippen molar-refractivity contribution in [3.8, 4) is 5.75 Å². The molecule has 0 aliphatic carbocycles. The van der Waals surface area contributed by atoms with Crippen molar-refractivity contribution in [2.45, 2.75) is 31.8 Å². The van der Waals surface area contributed by atoms with Gasteiger partial charge in [0, 0.05) is 23.6 Å². The molecule has 0 spiro atoms. The first-order valence-corrected chi connectivity index (χ1v) is 7.58. The maximum Gasteiger partial charge on any atom is 0.166 e. The predicted octanol–water partition coefficient (Wildman–Crippen LogP) is 2.30. The number of hydrogen-bond donors (Lipinski definition) is 0. The van der Waals surface area contributed by atoms with Crippen LogP contribution in [-0.2, 0) is 4.74 Å². The third-order valence-electron chi connectivity index (χ3n) is 4.97. The average Bonchev–Trinajstić information content (AvgIpc) is 2.47. The second-order valence-electron chi connectivity index (χ2n) is 6.22. The van der Waals surface area contributed by atoms with E-state index in [-0.39, 0.29) is 11.7 Å². The molecular formula is C17H23NO3. The van der Waals surface area contributed by atoms with E-state index in [4.69, 9.17) is 9.47 Å². The largest absolute Gasteiger partial charge is 0.497 e. The van der Waals surface area contributed by atoms with E-state index in [1.807, 2.05) is 25.1 Å². The highest BCUT2D eigenvalue weighted by molar-refractivity contribution is 5.99. The summed E-state index contributed by atoms with van der Waals surface area (Å²) in [5, 5.41) is 0. The van der Waals surface area contributed by atoms with Crippen LogP contribution in [0.25, 0.3) is 0 Å². The fraction of sp³-hybridized carbons (Fsp3) is 0.588. The highest BCUT2D eigenvalue weighted by Gasteiger charge is 2.39. The number of carbonyl (C=O) groups excluding carboxylic acids is 1. The fourth-order valence-electron chi connectivity index (χ4n) is 3.52. The molecule has 2 aliphatic rings. The Balaban J connectivity index is 1.82. The Bertz CT molecular complexity index is 529. The molecule has 2 heterocycles. The highest BCUT2D eigenvalue weighted by Crippen LogP contribution is 2.33. The number of Topliss-reactive ketones (excluding diaryl/α,β-unsaturated/α-hetero) is 1. The lowest BCUT2D eigenvalue weighted by atomic mass is 9.80. The van der Waals surface area contributed by atoms with Crippen molar-refractivity contribution >= 4 is 5.78 Å². The van der Waals surface area contributed by atoms with Crippen LogP contribution in [0.4, 0.5) is 0 Å². The van der Waals surface area contributed by atoms with Gasteiger partial charge in [0.15, 0.2) is 5.78 Å². The summed E-state index contributed by atoms with van der Waals surface area (Å²) in [5.74, 6) is 1.11. The number of piperidine rings is 1. The van der Waals surface area contributed by atoms with Crippen molar-refractivity contribution in [3.63, 3.8) is 0 Å². The van der Waals surface area contributed by atoms with Crippen LogP contribution >= 0.6 is 0 Å². The lowest BCUT2D eigenvalue weighted by Crippen LogP contribution is -2.55. The molecule has 4 nitrogen and oxygen atoms in total. The van der Waals surface area contributed by atoms with Gasteiger partial charge in [-0.2, -0.15) is 0 Å². The number of hydrogen-bond acceptors (Lipinski definition) is 4. The van der Waals surface area contributed by atoms with Gasteiger partial charge in [0.2, 0.25) is 0 Å². The first-order valence-electron chi connectivity index (χ1n) is 7.58. The van der Waals surface area contributed by atoms with E-state index in [0.29, 0.717) is 12.1 Å². The van der Waals surface area contributed by atoms with E-state index < -0.39 is 0 Å². The Kier molecular flexibility index (Phi) is 4.00. The van der Waals surface area contributed by atoms with Gasteiger partial charge in [-0.3, -0.25) is 9.69 Å². The van der Waals surface area contributed by atoms with Crippen molar-refractivity contribution in [2.75, 3.05) is 27.4 Å². The number of aryl methyl sites for hydroxylation is 1. The molecule has 2 unspecified atom stereocenters. The molecule has 0 aromatic heterocycles. The maximum atomic E-state index is 12.9. The number of methoxy groups -OCH3 is 1. The minimum atomic E-state index is 0.103. The average molecular weight is 289 g/mol. The lowest BCUT2D eigenvalue weighted by Gasteiger charge is -2.46. The second kappa shape index (κ2) is 5.78. The van der Waals surface area contributed by atoms with Crippen LogP contribution in [-0.4, -0.2) is 50.1 Å². The molecule has 0 saturated carbocycles. The number of morpholine rings is 1. The molecule has 2 saturated heterocycles. The zero-order valence-corrected chi connectivity index (χ0v) is 13.0. The first kappa shape index (κ1) is 14.5. The van der Waals surface area contributed by atoms with E-state index in [0.717, 1.165) is 42.9 Å². The van der Waals surface area contributed by atoms with Crippen LogP contribution in [0.3, 0.4) is 0 Å². The molecule has 114 valence electrons. The van der Waals surface area contributed by atoms with Gasteiger partial charge >= 0.3 is 0 Å². The molecule has 1 aromatic carbocycles. The summed E-state index contributed by atoms with van der Waals surface area (Å²) in [7, 11) is 3.78. The number of ketones is 1. The highest BCUT2D eigenvalue weighted by atomic mass is 16.5. The molecule has 4 heteroatoms. The van der Waals surface area contributed by atoms with Gasteiger partial charge < -0.3 is 9.47 Å². The standard InChI is InChI=1S/C17H23NO3/c1-11-4-5-15(20-3)8-16(11)17(19)12-6-13-9-21-10-14(7-12)18(13)2/h4-5,8,12-14H,6-7,9-10H2,1-3H3. The number of nitrogens with zero attached hydrogens (tertiary/aromatic N) is 1. The number of likely N-dealkylation sites (N-methyl/N-ethyl adjacent to an activating group) is 1. The molecule has 3 rings (SSSR count). The zero-order valence-electron chi connectivity index (χ0n) is 13.0. The van der Waals surface area contributed by atoms with Crippen molar-refractivity contribution in [1.82, 2.24) is 4.90 Å². The zero-order chi connectivity index (χ0) is 15.0. The van der Waals surface area contributed by atoms with Crippen LogP contribution in [0.15, 0.2) is 18.2 Å². The van der Waals surface area contributed by atoms with Crippen LogP contribution in [0.5, 0.6) is 5.75 Å². The summed E-state index contributed by atoms with van der Waals surface area (Å²) in [6, 6.07) is 6.49. The van der Waals surface area contributed by atoms with Crippen LogP contribution in [0.1, 0.15) is 28.8 Å². The molecule has 0 amide bonds. The topological polar surface area (TPSA) is 38.8 Å². The minimum absolute atomic E-state index is 0.103. The number of ether oxygens (including phenoxy) is 2. The number of fused-ring (bicyclic) bond motifs is 2. The van der Waals surface area contributed by atoms with Crippen molar-refractivity contribution in [2.24, 2.45) is 5.92 Å². The first-order chi connectivity index (χ1) is 10.1. The normalized spacial score (nSPS) is 29.2. The van der Waals surface area contributed by atoms with Crippen LogP contribution in [0.2, 0.25) is 0 Å². The summed E-state index contributed by atoms with van der Waals surface area (Å²) in [4.78, 5) is 15.3. The summed E-state index contributed by atoms with van der Waals surface area (Å²) in [6.45, 7) is 3.48. The van der Waals surface area contributed by atoms with Gasteiger partial charge in [0.1, 0.15) is 5.75 Å². The summed E-state index contributed by atoms with van der Waals surface area (Å²) in [6.07, 6.45) is 1.78. The second-order valence-corrected chi connectivity index (χ2v) is 6.22. The Morgan fingerprint density at radius 3 is 2.57 bits per heavy atom. The summed E-state index contributed by atoms with van der Waals surface area (Å²) >= 11 is 0. The number of benzene rings is 1. The number of carbonyl (C=O) groups is 1. The molecule has 0 N–H and O–H groups in total. The molecule has 2 fully saturated rings. The smallest absolute Gasteiger partial charge is 0.166 e. The SMILES string of the molecule is COc1ccc(C)c(C(=O)C2CC3COCC(C2)N3C)c1. The van der Waals surface area contributed by atoms with E-state index in [9.17, 15) is 4.79 Å². The monoisotopic (exact) mass is 289 g/mol. The van der Waals surface area contributed by atoms with Gasteiger partial charge in [-0.25, -0.2) is 0 Å². The molecule has 1 aromatic rings. The van der Waals surface area contributed by atoms with Crippen molar-refractivity contribution < 1.29 is 14.3 Å². The Hall–Kier alpha value is -1.39. The quantitative estimate of drug-likeness (QED) is 0.800. The van der Waals surface area contributed by atoms with E-state index in [2.05, 4.69) is 11.9 Å². The van der Waals surface area contributed by atoms with Gasteiger partial charge in [0.05, 0.1) is 20.3 Å². The fourth-order valence-corrected chi connectivity index (χ4v) is 3.52. The number of rotatable bonds is 3. The lowest BCUT2D eigenvalue weighted by molar-refractivity contribution is -0.0702. The summed E-state index contributed by atoms with van der Waals surface area (Å²) in [5.41, 5.74) is 1.84. The molecular weight excluding hydrogens is 266 g/mol. The molecule has 21 heavy (non-hydrogen) atoms. The van der Waals surface area contributed by atoms with Crippen molar-refractivity contribution in [1.29, 1.82) is 0 Å². The van der Waals surface area contributed by atoms with E-state index in [1.54, 1.807) is 7.11 Å².